The molecule has 0 saturated heterocycles. The minimum absolute atomic E-state index is 0.144. The van der Waals surface area contributed by atoms with E-state index in [1.54, 1.807) is 12.0 Å². The number of hydrogen-bond acceptors (Lipinski definition) is 4. The second-order valence-corrected chi connectivity index (χ2v) is 7.89. The van der Waals surface area contributed by atoms with E-state index in [4.69, 9.17) is 15.2 Å². The molecule has 0 bridgehead atoms. The molecular formula is C27H30N2O4. The van der Waals surface area contributed by atoms with Gasteiger partial charge >= 0.3 is 6.09 Å². The van der Waals surface area contributed by atoms with Crippen LogP contribution in [0, 0.1) is 6.92 Å². The Labute approximate surface area is 194 Å². The lowest BCUT2D eigenvalue weighted by Gasteiger charge is -2.23. The van der Waals surface area contributed by atoms with Gasteiger partial charge in [-0.15, -0.1) is 0 Å². The molecule has 2 amide bonds. The maximum Gasteiger partial charge on any atom is 0.410 e. The zero-order valence-corrected chi connectivity index (χ0v) is 19.3. The minimum atomic E-state index is -0.395. The monoisotopic (exact) mass is 446 g/mol. The number of aryl methyl sites for hydroxylation is 1. The molecular weight excluding hydrogens is 416 g/mol. The van der Waals surface area contributed by atoms with E-state index in [0.29, 0.717) is 18.8 Å². The van der Waals surface area contributed by atoms with Crippen LogP contribution < -0.4 is 10.5 Å². The van der Waals surface area contributed by atoms with Crippen LogP contribution in [-0.2, 0) is 29.1 Å². The fraction of sp³-hybridized carbons (Fsp3) is 0.259. The third kappa shape index (κ3) is 6.35. The number of nitrogens with zero attached hydrogens (tertiary/aromatic N) is 1. The second-order valence-electron chi connectivity index (χ2n) is 7.89. The highest BCUT2D eigenvalue weighted by molar-refractivity contribution is 5.79. The Hall–Kier alpha value is -3.80. The van der Waals surface area contributed by atoms with E-state index in [1.807, 2.05) is 74.5 Å². The highest BCUT2D eigenvalue weighted by Crippen LogP contribution is 2.34. The standard InChI is InChI=1S/C27H30N2O4/c1-4-29(27(31)33-18-20-8-6-5-7-9-20)17-22-14-19(2)10-12-23(22)24-15-21(16-26(28)30)11-13-25(24)32-3/h5-15H,4,16-18H2,1-3H3,(H2,28,30). The summed E-state index contributed by atoms with van der Waals surface area (Å²) in [5.41, 5.74) is 11.0. The predicted octanol–water partition coefficient (Wildman–Crippen LogP) is 4.86. The summed E-state index contributed by atoms with van der Waals surface area (Å²) < 4.78 is 11.1. The van der Waals surface area contributed by atoms with Crippen molar-refractivity contribution >= 4 is 12.0 Å². The van der Waals surface area contributed by atoms with Crippen LogP contribution in [0.4, 0.5) is 4.79 Å². The summed E-state index contributed by atoms with van der Waals surface area (Å²) in [6.07, 6.45) is -0.228. The molecule has 0 aliphatic heterocycles. The van der Waals surface area contributed by atoms with Crippen LogP contribution in [-0.4, -0.2) is 30.6 Å². The van der Waals surface area contributed by atoms with E-state index in [9.17, 15) is 9.59 Å². The molecule has 0 heterocycles. The maximum atomic E-state index is 12.8. The van der Waals surface area contributed by atoms with Gasteiger partial charge in [-0.3, -0.25) is 4.79 Å². The molecule has 3 rings (SSSR count). The van der Waals surface area contributed by atoms with Gasteiger partial charge < -0.3 is 20.1 Å². The van der Waals surface area contributed by atoms with Crippen molar-refractivity contribution in [1.82, 2.24) is 4.90 Å². The first-order valence-corrected chi connectivity index (χ1v) is 10.9. The van der Waals surface area contributed by atoms with Crippen molar-refractivity contribution in [1.29, 1.82) is 0 Å². The quantitative estimate of drug-likeness (QED) is 0.509. The Balaban J connectivity index is 1.89. The maximum absolute atomic E-state index is 12.8. The zero-order valence-electron chi connectivity index (χ0n) is 19.3. The summed E-state index contributed by atoms with van der Waals surface area (Å²) in [6.45, 7) is 5.04. The normalized spacial score (nSPS) is 10.5. The van der Waals surface area contributed by atoms with E-state index < -0.39 is 5.91 Å². The van der Waals surface area contributed by atoms with Gasteiger partial charge in [0.05, 0.1) is 13.5 Å². The van der Waals surface area contributed by atoms with Crippen LogP contribution in [0.5, 0.6) is 5.75 Å². The van der Waals surface area contributed by atoms with Crippen LogP contribution in [0.15, 0.2) is 66.7 Å². The molecule has 33 heavy (non-hydrogen) atoms. The average Bonchev–Trinajstić information content (AvgIpc) is 2.81. The van der Waals surface area contributed by atoms with Crippen molar-refractivity contribution < 1.29 is 19.1 Å². The van der Waals surface area contributed by atoms with E-state index in [-0.39, 0.29) is 19.1 Å². The molecule has 6 heteroatoms. The van der Waals surface area contributed by atoms with Gasteiger partial charge in [-0.25, -0.2) is 4.79 Å². The molecule has 3 aromatic rings. The first kappa shape index (κ1) is 23.9. The van der Waals surface area contributed by atoms with Crippen molar-refractivity contribution in [2.45, 2.75) is 33.4 Å². The molecule has 0 spiro atoms. The number of primary amides is 1. The highest BCUT2D eigenvalue weighted by atomic mass is 16.6. The van der Waals surface area contributed by atoms with Crippen LogP contribution in [0.3, 0.4) is 0 Å². The average molecular weight is 447 g/mol. The third-order valence-corrected chi connectivity index (χ3v) is 5.40. The molecule has 0 atom stereocenters. The molecule has 0 aromatic heterocycles. The number of nitrogens with two attached hydrogens (primary N) is 1. The Morgan fingerprint density at radius 3 is 2.36 bits per heavy atom. The molecule has 0 aliphatic rings. The van der Waals surface area contributed by atoms with Crippen molar-refractivity contribution in [3.63, 3.8) is 0 Å². The summed E-state index contributed by atoms with van der Waals surface area (Å²) >= 11 is 0. The van der Waals surface area contributed by atoms with Crippen LogP contribution in [0.2, 0.25) is 0 Å². The van der Waals surface area contributed by atoms with E-state index >= 15 is 0 Å². The molecule has 0 unspecified atom stereocenters. The summed E-state index contributed by atoms with van der Waals surface area (Å²) in [5.74, 6) is 0.289. The molecule has 3 aromatic carbocycles. The van der Waals surface area contributed by atoms with Crippen LogP contribution in [0.1, 0.15) is 29.2 Å². The summed E-state index contributed by atoms with van der Waals surface area (Å²) in [4.78, 5) is 25.9. The number of benzene rings is 3. The fourth-order valence-corrected chi connectivity index (χ4v) is 3.71. The van der Waals surface area contributed by atoms with Crippen LogP contribution in [0.25, 0.3) is 11.1 Å². The minimum Gasteiger partial charge on any atom is -0.496 e. The summed E-state index contributed by atoms with van der Waals surface area (Å²) in [5, 5.41) is 0. The lowest BCUT2D eigenvalue weighted by molar-refractivity contribution is -0.117. The van der Waals surface area contributed by atoms with Gasteiger partial charge in [0.15, 0.2) is 0 Å². The number of carbonyl (C=O) groups excluding carboxylic acids is 2. The number of methoxy groups -OCH3 is 1. The topological polar surface area (TPSA) is 81.9 Å². The van der Waals surface area contributed by atoms with Crippen molar-refractivity contribution in [2.24, 2.45) is 5.73 Å². The van der Waals surface area contributed by atoms with Crippen molar-refractivity contribution in [3.8, 4) is 16.9 Å². The van der Waals surface area contributed by atoms with E-state index in [1.165, 1.54) is 0 Å². The zero-order chi connectivity index (χ0) is 23.8. The lowest BCUT2D eigenvalue weighted by atomic mass is 9.94. The highest BCUT2D eigenvalue weighted by Gasteiger charge is 2.18. The van der Waals surface area contributed by atoms with Crippen molar-refractivity contribution in [3.05, 3.63) is 89.0 Å². The summed E-state index contributed by atoms with van der Waals surface area (Å²) in [7, 11) is 1.61. The molecule has 0 radical (unpaired) electrons. The van der Waals surface area contributed by atoms with Gasteiger partial charge in [0.25, 0.3) is 0 Å². The SMILES string of the molecule is CCN(Cc1cc(C)ccc1-c1cc(CC(N)=O)ccc1OC)C(=O)OCc1ccccc1. The fourth-order valence-electron chi connectivity index (χ4n) is 3.71. The summed E-state index contributed by atoms with van der Waals surface area (Å²) in [6, 6.07) is 21.3. The van der Waals surface area contributed by atoms with Crippen molar-refractivity contribution in [2.75, 3.05) is 13.7 Å². The Bertz CT molecular complexity index is 1110. The van der Waals surface area contributed by atoms with Gasteiger partial charge in [-0.1, -0.05) is 60.2 Å². The molecule has 0 aliphatic carbocycles. The van der Waals surface area contributed by atoms with Gasteiger partial charge in [-0.05, 0) is 48.2 Å². The third-order valence-electron chi connectivity index (χ3n) is 5.40. The van der Waals surface area contributed by atoms with Gasteiger partial charge in [0.1, 0.15) is 12.4 Å². The smallest absolute Gasteiger partial charge is 0.410 e. The van der Waals surface area contributed by atoms with E-state index in [2.05, 4.69) is 6.07 Å². The molecule has 2 N–H and O–H groups in total. The molecule has 0 fully saturated rings. The number of carbonyl (C=O) groups is 2. The number of hydrogen-bond donors (Lipinski definition) is 1. The van der Waals surface area contributed by atoms with Gasteiger partial charge in [0.2, 0.25) is 5.91 Å². The van der Waals surface area contributed by atoms with Gasteiger partial charge in [-0.2, -0.15) is 0 Å². The Kier molecular flexibility index (Phi) is 8.08. The largest absolute Gasteiger partial charge is 0.496 e. The number of rotatable bonds is 9. The molecule has 6 nitrogen and oxygen atoms in total. The molecule has 0 saturated carbocycles. The molecule has 172 valence electrons. The number of amides is 2. The Morgan fingerprint density at radius 2 is 1.70 bits per heavy atom. The first-order valence-electron chi connectivity index (χ1n) is 10.9. The second kappa shape index (κ2) is 11.2. The Morgan fingerprint density at radius 1 is 0.939 bits per heavy atom. The predicted molar refractivity (Wildman–Crippen MR) is 129 cm³/mol. The van der Waals surface area contributed by atoms with Gasteiger partial charge in [0, 0.05) is 18.7 Å². The first-order chi connectivity index (χ1) is 15.9. The van der Waals surface area contributed by atoms with E-state index in [0.717, 1.165) is 33.4 Å². The van der Waals surface area contributed by atoms with Crippen LogP contribution >= 0.6 is 0 Å². The number of ether oxygens (including phenoxy) is 2. The lowest BCUT2D eigenvalue weighted by Crippen LogP contribution is -2.31.